The van der Waals surface area contributed by atoms with Crippen molar-refractivity contribution in [3.05, 3.63) is 65.7 Å². The smallest absolute Gasteiger partial charge is 0.285 e. The lowest BCUT2D eigenvalue weighted by Crippen LogP contribution is -2.64. The predicted molar refractivity (Wildman–Crippen MR) is 91.2 cm³/mol. The molecule has 7 nitrogen and oxygen atoms in total. The number of carbonyl (C=O) groups excluding carboxylic acids is 2. The highest BCUT2D eigenvalue weighted by Crippen LogP contribution is 2.20. The molecule has 0 aromatic heterocycles. The number of benzene rings is 2. The summed E-state index contributed by atoms with van der Waals surface area (Å²) in [6, 6.07) is 17.1. The Hall–Kier alpha value is -3.21. The summed E-state index contributed by atoms with van der Waals surface area (Å²) < 4.78 is 0. The number of carbonyl (C=O) groups is 2. The lowest BCUT2D eigenvalue weighted by atomic mass is 10.1. The molecule has 1 aliphatic rings. The van der Waals surface area contributed by atoms with E-state index in [1.807, 2.05) is 6.07 Å². The number of carboxylic acid groups (broad SMARTS) is 1. The van der Waals surface area contributed by atoms with E-state index in [0.717, 1.165) is 18.7 Å². The number of aliphatic carboxylic acids is 1. The number of nitriles is 1. The number of amides is 1. The Balaban J connectivity index is 0.000000197. The zero-order valence-corrected chi connectivity index (χ0v) is 14.0. The molecular weight excluding hydrogens is 334 g/mol. The monoisotopic (exact) mass is 353 g/mol. The molecule has 7 heteroatoms. The Bertz CT molecular complexity index is 800. The van der Waals surface area contributed by atoms with Gasteiger partial charge in [0.1, 0.15) is 6.10 Å². The molecule has 1 amide bonds. The summed E-state index contributed by atoms with van der Waals surface area (Å²) in [7, 11) is 0. The zero-order valence-electron chi connectivity index (χ0n) is 14.0. The third kappa shape index (κ3) is 4.66. The van der Waals surface area contributed by atoms with Crippen LogP contribution in [0, 0.1) is 11.3 Å². The summed E-state index contributed by atoms with van der Waals surface area (Å²) >= 11 is 0. The van der Waals surface area contributed by atoms with Crippen molar-refractivity contribution in [2.75, 3.05) is 11.4 Å². The molecule has 2 aromatic rings. The van der Waals surface area contributed by atoms with E-state index in [4.69, 9.17) is 10.4 Å². The maximum Gasteiger partial charge on any atom is 0.285 e. The van der Waals surface area contributed by atoms with Crippen LogP contribution in [-0.2, 0) is 9.59 Å². The van der Waals surface area contributed by atoms with Gasteiger partial charge in [-0.25, -0.2) is 0 Å². The van der Waals surface area contributed by atoms with Gasteiger partial charge < -0.3 is 25.6 Å². The van der Waals surface area contributed by atoms with E-state index in [9.17, 15) is 14.7 Å². The van der Waals surface area contributed by atoms with Crippen LogP contribution in [0.25, 0.3) is 0 Å². The molecule has 26 heavy (non-hydrogen) atoms. The van der Waals surface area contributed by atoms with Gasteiger partial charge in [0.2, 0.25) is 0 Å². The number of aliphatic hydroxyl groups is 1. The van der Waals surface area contributed by atoms with Gasteiger partial charge in [-0.15, -0.1) is 0 Å². The minimum absolute atomic E-state index is 0.0692. The van der Waals surface area contributed by atoms with Gasteiger partial charge in [0.15, 0.2) is 6.04 Å². The van der Waals surface area contributed by atoms with Crippen molar-refractivity contribution in [2.45, 2.75) is 18.6 Å². The van der Waals surface area contributed by atoms with Gasteiger partial charge in [-0.3, -0.25) is 4.79 Å². The topological polar surface area (TPSA) is 132 Å². The molecule has 1 saturated heterocycles. The summed E-state index contributed by atoms with van der Waals surface area (Å²) in [5, 5.41) is 27.7. The highest BCUT2D eigenvalue weighted by molar-refractivity contribution is 5.98. The molecule has 1 heterocycles. The Kier molecular flexibility index (Phi) is 6.44. The van der Waals surface area contributed by atoms with Gasteiger partial charge in [0, 0.05) is 18.7 Å². The second kappa shape index (κ2) is 8.76. The van der Waals surface area contributed by atoms with Gasteiger partial charge in [0.25, 0.3) is 5.91 Å². The number of anilines is 1. The quantitative estimate of drug-likeness (QED) is 0.758. The summed E-state index contributed by atoms with van der Waals surface area (Å²) in [5.41, 5.74) is 5.58. The molecule has 0 aliphatic carbocycles. The second-order valence-electron chi connectivity index (χ2n) is 5.77. The molecule has 0 radical (unpaired) electrons. The first kappa shape index (κ1) is 19.1. The van der Waals surface area contributed by atoms with E-state index >= 15 is 0 Å². The predicted octanol–water partition coefficient (Wildman–Crippen LogP) is -0.625. The van der Waals surface area contributed by atoms with E-state index in [0.29, 0.717) is 11.1 Å². The summed E-state index contributed by atoms with van der Waals surface area (Å²) in [6.07, 6.45) is -0.713. The van der Waals surface area contributed by atoms with Crippen LogP contribution < -0.4 is 15.7 Å². The van der Waals surface area contributed by atoms with Crippen LogP contribution in [0.2, 0.25) is 0 Å². The van der Waals surface area contributed by atoms with Crippen LogP contribution >= 0.6 is 0 Å². The van der Waals surface area contributed by atoms with Crippen molar-refractivity contribution < 1.29 is 25.5 Å². The number of quaternary nitrogens is 1. The van der Waals surface area contributed by atoms with Gasteiger partial charge in [-0.2, -0.15) is 5.26 Å². The Morgan fingerprint density at radius 2 is 1.85 bits per heavy atom. The SMILES string of the molecule is N#Cc1ccc(N2CC[C@H]([NH3+])C2=O)cc1.O=C([O-])[C@H](O)c1ccccc1. The van der Waals surface area contributed by atoms with Crippen molar-refractivity contribution >= 4 is 17.6 Å². The molecular formula is C19H19N3O4. The molecule has 0 bridgehead atoms. The van der Waals surface area contributed by atoms with E-state index in [1.165, 1.54) is 12.1 Å². The van der Waals surface area contributed by atoms with Crippen molar-refractivity contribution in [2.24, 2.45) is 0 Å². The van der Waals surface area contributed by atoms with Crippen LogP contribution in [0.3, 0.4) is 0 Å². The number of aliphatic hydroxyl groups excluding tert-OH is 1. The molecule has 0 spiro atoms. The molecule has 0 saturated carbocycles. The first-order chi connectivity index (χ1) is 12.4. The minimum Gasteiger partial charge on any atom is -0.547 e. The highest BCUT2D eigenvalue weighted by atomic mass is 16.4. The standard InChI is InChI=1S/C11H11N3O.C8H8O3/c12-7-8-1-3-9(4-2-8)14-6-5-10(13)11(14)15;9-7(8(10)11)6-4-2-1-3-5-6/h1-4,10H,5-6,13H2;1-5,7,9H,(H,10,11)/t10-;7-/m01/s1. The van der Waals surface area contributed by atoms with E-state index in [1.54, 1.807) is 47.4 Å². The second-order valence-corrected chi connectivity index (χ2v) is 5.77. The first-order valence-electron chi connectivity index (χ1n) is 8.02. The minimum atomic E-state index is -1.52. The third-order valence-corrected chi connectivity index (χ3v) is 3.96. The maximum atomic E-state index is 11.7. The van der Waals surface area contributed by atoms with Gasteiger partial charge in [0.05, 0.1) is 17.6 Å². The third-order valence-electron chi connectivity index (χ3n) is 3.96. The maximum absolute atomic E-state index is 11.7. The van der Waals surface area contributed by atoms with Crippen molar-refractivity contribution in [1.82, 2.24) is 0 Å². The van der Waals surface area contributed by atoms with Gasteiger partial charge >= 0.3 is 0 Å². The van der Waals surface area contributed by atoms with Gasteiger partial charge in [-0.1, -0.05) is 30.3 Å². The fraction of sp³-hybridized carbons (Fsp3) is 0.211. The summed E-state index contributed by atoms with van der Waals surface area (Å²) in [5.74, 6) is -1.41. The Morgan fingerprint density at radius 1 is 1.23 bits per heavy atom. The van der Waals surface area contributed by atoms with Crippen molar-refractivity contribution in [3.8, 4) is 6.07 Å². The average Bonchev–Trinajstić information content (AvgIpc) is 3.01. The van der Waals surface area contributed by atoms with Crippen LogP contribution in [0.5, 0.6) is 0 Å². The van der Waals surface area contributed by atoms with E-state index < -0.39 is 12.1 Å². The number of rotatable bonds is 3. The summed E-state index contributed by atoms with van der Waals surface area (Å²) in [6.45, 7) is 0.721. The number of hydrogen-bond donors (Lipinski definition) is 2. The largest absolute Gasteiger partial charge is 0.547 e. The van der Waals surface area contributed by atoms with Crippen molar-refractivity contribution in [1.29, 1.82) is 5.26 Å². The fourth-order valence-electron chi connectivity index (χ4n) is 2.48. The molecule has 3 rings (SSSR count). The van der Waals surface area contributed by atoms with E-state index in [-0.39, 0.29) is 11.9 Å². The normalized spacial score (nSPS) is 17.0. The van der Waals surface area contributed by atoms with E-state index in [2.05, 4.69) is 5.73 Å². The van der Waals surface area contributed by atoms with Crippen molar-refractivity contribution in [3.63, 3.8) is 0 Å². The molecule has 134 valence electrons. The zero-order chi connectivity index (χ0) is 19.1. The van der Waals surface area contributed by atoms with Crippen LogP contribution in [0.15, 0.2) is 54.6 Å². The Labute approximate surface area is 150 Å². The average molecular weight is 353 g/mol. The van der Waals surface area contributed by atoms with Crippen LogP contribution in [-0.4, -0.2) is 29.6 Å². The highest BCUT2D eigenvalue weighted by Gasteiger charge is 2.32. The molecule has 1 aliphatic heterocycles. The number of hydrogen-bond acceptors (Lipinski definition) is 5. The Morgan fingerprint density at radius 3 is 2.31 bits per heavy atom. The fourth-order valence-corrected chi connectivity index (χ4v) is 2.48. The number of carboxylic acids is 1. The van der Waals surface area contributed by atoms with Gasteiger partial charge in [-0.05, 0) is 29.8 Å². The molecule has 4 N–H and O–H groups in total. The molecule has 2 atom stereocenters. The lowest BCUT2D eigenvalue weighted by Gasteiger charge is -2.14. The molecule has 2 aromatic carbocycles. The summed E-state index contributed by atoms with van der Waals surface area (Å²) in [4.78, 5) is 23.5. The van der Waals surface area contributed by atoms with Crippen LogP contribution in [0.1, 0.15) is 23.7 Å². The van der Waals surface area contributed by atoms with Crippen LogP contribution in [0.4, 0.5) is 5.69 Å². The lowest BCUT2D eigenvalue weighted by molar-refractivity contribution is -0.400. The molecule has 1 fully saturated rings. The first-order valence-corrected chi connectivity index (χ1v) is 8.02. The number of nitrogens with zero attached hydrogens (tertiary/aromatic N) is 2. The molecule has 0 unspecified atom stereocenters.